The van der Waals surface area contributed by atoms with Crippen LogP contribution in [0.15, 0.2) is 62.8 Å². The molecule has 0 aromatic carbocycles. The van der Waals surface area contributed by atoms with E-state index in [1.807, 2.05) is 12.2 Å². The Morgan fingerprint density at radius 1 is 0.786 bits per heavy atom. The second-order valence-electron chi connectivity index (χ2n) is 1.61. The summed E-state index contributed by atoms with van der Waals surface area (Å²) in [6.45, 7) is 13.6. The van der Waals surface area contributed by atoms with Crippen molar-refractivity contribution < 1.29 is 15.0 Å². The van der Waals surface area contributed by atoms with Gasteiger partial charge in [-0.3, -0.25) is 0 Å². The van der Waals surface area contributed by atoms with E-state index in [-0.39, 0.29) is 0 Å². The number of hydrogen-bond acceptors (Lipinski definition) is 1. The van der Waals surface area contributed by atoms with Gasteiger partial charge in [0.15, 0.2) is 0 Å². The summed E-state index contributed by atoms with van der Waals surface area (Å²) in [5.41, 5.74) is 0. The molecule has 0 fully saturated rings. The predicted octanol–water partition coefficient (Wildman–Crippen LogP) is 3.50. The summed E-state index contributed by atoms with van der Waals surface area (Å²) in [4.78, 5) is 8.56. The van der Waals surface area contributed by atoms with Crippen LogP contribution in [-0.4, -0.2) is 16.4 Å². The quantitative estimate of drug-likeness (QED) is 0.679. The molecular weight excluding hydrogens is 180 g/mol. The number of rotatable bonds is 3. The van der Waals surface area contributed by atoms with Gasteiger partial charge in [-0.25, -0.2) is 4.79 Å². The molecule has 0 aromatic rings. The molecular formula is C11H16O3. The summed E-state index contributed by atoms with van der Waals surface area (Å²) in [5.74, 6) is 0. The zero-order valence-corrected chi connectivity index (χ0v) is 8.10. The Balaban J connectivity index is -0.000000135. The van der Waals surface area contributed by atoms with Gasteiger partial charge in [-0.1, -0.05) is 62.8 Å². The summed E-state index contributed by atoms with van der Waals surface area (Å²) in [5, 5.41) is 13.9. The van der Waals surface area contributed by atoms with Gasteiger partial charge in [0.05, 0.1) is 0 Å². The monoisotopic (exact) mass is 196 g/mol. The molecule has 0 spiro atoms. The third-order valence-electron chi connectivity index (χ3n) is 0.550. The van der Waals surface area contributed by atoms with Crippen LogP contribution in [0.1, 0.15) is 0 Å². The van der Waals surface area contributed by atoms with Gasteiger partial charge in [-0.2, -0.15) is 0 Å². The molecule has 0 heterocycles. The number of allylic oxidation sites excluding steroid dienone is 6. The van der Waals surface area contributed by atoms with Crippen LogP contribution in [0.3, 0.4) is 0 Å². The van der Waals surface area contributed by atoms with Crippen molar-refractivity contribution >= 4 is 6.16 Å². The smallest absolute Gasteiger partial charge is 0.450 e. The highest BCUT2D eigenvalue weighted by molar-refractivity contribution is 5.53. The molecule has 0 rings (SSSR count). The van der Waals surface area contributed by atoms with Gasteiger partial charge in [0, 0.05) is 0 Å². The van der Waals surface area contributed by atoms with Crippen LogP contribution in [0.25, 0.3) is 0 Å². The molecule has 14 heavy (non-hydrogen) atoms. The molecule has 0 aliphatic heterocycles. The minimum atomic E-state index is -1.83. The molecule has 0 aromatic heterocycles. The zero-order chi connectivity index (χ0) is 11.8. The van der Waals surface area contributed by atoms with Gasteiger partial charge >= 0.3 is 6.16 Å². The summed E-state index contributed by atoms with van der Waals surface area (Å²) in [6, 6.07) is 0. The van der Waals surface area contributed by atoms with Gasteiger partial charge in [-0.15, -0.1) is 0 Å². The Hall–Kier alpha value is -2.03. The fourth-order valence-corrected chi connectivity index (χ4v) is 0.157. The first kappa shape index (κ1) is 17.9. The van der Waals surface area contributed by atoms with E-state index in [1.165, 1.54) is 0 Å². The summed E-state index contributed by atoms with van der Waals surface area (Å²) < 4.78 is 0. The topological polar surface area (TPSA) is 57.5 Å². The van der Waals surface area contributed by atoms with Crippen LogP contribution in [0.4, 0.5) is 4.79 Å². The Labute approximate surface area is 84.7 Å². The molecule has 0 aliphatic rings. The van der Waals surface area contributed by atoms with E-state index < -0.39 is 6.16 Å². The first-order chi connectivity index (χ1) is 6.56. The van der Waals surface area contributed by atoms with Crippen LogP contribution in [0.5, 0.6) is 0 Å². The highest BCUT2D eigenvalue weighted by Crippen LogP contribution is 1.69. The molecule has 0 saturated heterocycles. The maximum absolute atomic E-state index is 8.56. The van der Waals surface area contributed by atoms with E-state index in [2.05, 4.69) is 26.3 Å². The van der Waals surface area contributed by atoms with Crippen molar-refractivity contribution in [2.75, 3.05) is 0 Å². The number of hydrogen-bond donors (Lipinski definition) is 2. The van der Waals surface area contributed by atoms with Crippen LogP contribution in [-0.2, 0) is 0 Å². The molecule has 0 bridgehead atoms. The molecule has 0 atom stereocenters. The molecule has 0 saturated carbocycles. The van der Waals surface area contributed by atoms with E-state index in [0.29, 0.717) is 0 Å². The lowest BCUT2D eigenvalue weighted by molar-refractivity contribution is 0.137. The fourth-order valence-electron chi connectivity index (χ4n) is 0.157. The van der Waals surface area contributed by atoms with Crippen LogP contribution in [0.2, 0.25) is 0 Å². The number of carbonyl (C=O) groups is 1. The Kier molecular flexibility index (Phi) is 28.7. The van der Waals surface area contributed by atoms with Crippen molar-refractivity contribution in [2.24, 2.45) is 0 Å². The first-order valence-corrected chi connectivity index (χ1v) is 3.62. The number of carboxylic acid groups (broad SMARTS) is 2. The molecule has 3 heteroatoms. The van der Waals surface area contributed by atoms with Crippen molar-refractivity contribution in [3.8, 4) is 0 Å². The van der Waals surface area contributed by atoms with Crippen molar-refractivity contribution in [1.82, 2.24) is 0 Å². The van der Waals surface area contributed by atoms with E-state index in [1.54, 1.807) is 24.3 Å². The summed E-state index contributed by atoms with van der Waals surface area (Å²) in [6.07, 6.45) is 8.52. The molecule has 0 amide bonds. The van der Waals surface area contributed by atoms with Gasteiger partial charge in [0.2, 0.25) is 0 Å². The summed E-state index contributed by atoms with van der Waals surface area (Å²) in [7, 11) is 0. The van der Waals surface area contributed by atoms with E-state index in [9.17, 15) is 0 Å². The normalized spacial score (nSPS) is 6.86. The lowest BCUT2D eigenvalue weighted by Gasteiger charge is -1.60. The second-order valence-corrected chi connectivity index (χ2v) is 1.61. The Morgan fingerprint density at radius 2 is 1.00 bits per heavy atom. The van der Waals surface area contributed by atoms with Gasteiger partial charge in [0.1, 0.15) is 0 Å². The molecule has 78 valence electrons. The molecule has 0 aliphatic carbocycles. The summed E-state index contributed by atoms with van der Waals surface area (Å²) >= 11 is 0. The lowest BCUT2D eigenvalue weighted by Crippen LogP contribution is -1.81. The van der Waals surface area contributed by atoms with Gasteiger partial charge in [-0.05, 0) is 0 Å². The SMILES string of the molecule is C=CC=C.C=CC=CC=C.O=C(O)O. The Bertz CT molecular complexity index is 183. The molecule has 0 radical (unpaired) electrons. The van der Waals surface area contributed by atoms with Crippen molar-refractivity contribution in [3.63, 3.8) is 0 Å². The third-order valence-corrected chi connectivity index (χ3v) is 0.550. The maximum Gasteiger partial charge on any atom is 0.503 e. The minimum Gasteiger partial charge on any atom is -0.450 e. The van der Waals surface area contributed by atoms with Crippen molar-refractivity contribution in [2.45, 2.75) is 0 Å². The van der Waals surface area contributed by atoms with E-state index >= 15 is 0 Å². The average molecular weight is 196 g/mol. The zero-order valence-electron chi connectivity index (χ0n) is 8.10. The van der Waals surface area contributed by atoms with Crippen molar-refractivity contribution in [3.05, 3.63) is 62.8 Å². The van der Waals surface area contributed by atoms with Crippen LogP contribution in [0, 0.1) is 0 Å². The maximum atomic E-state index is 8.56. The standard InChI is InChI=1S/C6H8.C4H6.CH2O3/c1-3-5-6-4-2;1-3-4-2;2-1(3)4/h3-6H,1-2H2;3-4H,1-2H2;(H2,2,3,4). The molecule has 2 N–H and O–H groups in total. The lowest BCUT2D eigenvalue weighted by atomic mass is 10.5. The predicted molar refractivity (Wildman–Crippen MR) is 60.6 cm³/mol. The highest BCUT2D eigenvalue weighted by atomic mass is 16.6. The van der Waals surface area contributed by atoms with Crippen molar-refractivity contribution in [1.29, 1.82) is 0 Å². The van der Waals surface area contributed by atoms with E-state index in [4.69, 9.17) is 15.0 Å². The van der Waals surface area contributed by atoms with Gasteiger partial charge < -0.3 is 10.2 Å². The first-order valence-electron chi connectivity index (χ1n) is 3.62. The minimum absolute atomic E-state index is 1.64. The van der Waals surface area contributed by atoms with Crippen LogP contribution >= 0.6 is 0 Å². The third kappa shape index (κ3) is 207. The largest absolute Gasteiger partial charge is 0.503 e. The molecule has 0 unspecified atom stereocenters. The van der Waals surface area contributed by atoms with Crippen LogP contribution < -0.4 is 0 Å². The molecule has 3 nitrogen and oxygen atoms in total. The van der Waals surface area contributed by atoms with Gasteiger partial charge in [0.25, 0.3) is 0 Å². The average Bonchev–Trinajstić information content (AvgIpc) is 2.14. The fraction of sp³-hybridized carbons (Fsp3) is 0. The highest BCUT2D eigenvalue weighted by Gasteiger charge is 1.70. The van der Waals surface area contributed by atoms with E-state index in [0.717, 1.165) is 0 Å². The Morgan fingerprint density at radius 3 is 1.07 bits per heavy atom. The second kappa shape index (κ2) is 22.4.